The molecule has 3 atom stereocenters. The third kappa shape index (κ3) is 4.28. The molecule has 2 bridgehead atoms. The van der Waals surface area contributed by atoms with Crippen LogP contribution in [0.2, 0.25) is 5.02 Å². The van der Waals surface area contributed by atoms with Gasteiger partial charge in [-0.05, 0) is 74.4 Å². The molecule has 0 aliphatic heterocycles. The fraction of sp³-hybridized carbons (Fsp3) is 0.409. The number of carbonyl (C=O) groups is 1. The molecule has 2 aromatic carbocycles. The number of amides is 1. The van der Waals surface area contributed by atoms with Gasteiger partial charge in [0.1, 0.15) is 6.54 Å². The molecular weight excluding hydrogens is 408 g/mol. The molecule has 2 aromatic rings. The molecule has 2 fully saturated rings. The number of nitrogens with one attached hydrogen (secondary N) is 1. The van der Waals surface area contributed by atoms with E-state index in [-0.39, 0.29) is 23.4 Å². The highest BCUT2D eigenvalue weighted by Gasteiger charge is 2.40. The smallest absolute Gasteiger partial charge is 0.264 e. The Labute approximate surface area is 177 Å². The number of hydrogen-bond acceptors (Lipinski definition) is 3. The molecule has 2 aliphatic carbocycles. The van der Waals surface area contributed by atoms with Crippen LogP contribution in [0.15, 0.2) is 53.4 Å². The standard InChI is InChI=1S/C22H25ClN2O3S/c1-15-2-10-20(11-3-15)29(27,28)25(19-8-6-18(23)7-9-19)14-22(26)24-21-13-16-4-5-17(21)12-16/h2-3,6-11,16-17,21H,4-5,12-14H2,1H3,(H,24,26)/t16-,17-,21+/m0/s1. The lowest BCUT2D eigenvalue weighted by Gasteiger charge is -2.27. The number of sulfonamides is 1. The Hall–Kier alpha value is -2.05. The summed E-state index contributed by atoms with van der Waals surface area (Å²) >= 11 is 5.97. The maximum atomic E-state index is 13.3. The normalized spacial score (nSPS) is 23.2. The molecule has 0 heterocycles. The summed E-state index contributed by atoms with van der Waals surface area (Å²) in [5, 5.41) is 3.59. The van der Waals surface area contributed by atoms with E-state index in [4.69, 9.17) is 11.6 Å². The van der Waals surface area contributed by atoms with E-state index in [1.807, 2.05) is 6.92 Å². The maximum Gasteiger partial charge on any atom is 0.264 e. The van der Waals surface area contributed by atoms with Gasteiger partial charge in [-0.3, -0.25) is 9.10 Å². The van der Waals surface area contributed by atoms with E-state index in [0.717, 1.165) is 22.7 Å². The molecule has 5 nitrogen and oxygen atoms in total. The van der Waals surface area contributed by atoms with Gasteiger partial charge in [0.15, 0.2) is 0 Å². The molecule has 2 aliphatic rings. The first-order valence-corrected chi connectivity index (χ1v) is 11.8. The predicted molar refractivity (Wildman–Crippen MR) is 115 cm³/mol. The second kappa shape index (κ2) is 8.00. The molecule has 2 saturated carbocycles. The highest BCUT2D eigenvalue weighted by atomic mass is 35.5. The third-order valence-electron chi connectivity index (χ3n) is 6.10. The van der Waals surface area contributed by atoms with Crippen molar-refractivity contribution in [1.29, 1.82) is 0 Å². The molecule has 0 radical (unpaired) electrons. The molecule has 0 unspecified atom stereocenters. The topological polar surface area (TPSA) is 66.5 Å². The van der Waals surface area contributed by atoms with E-state index in [0.29, 0.717) is 22.5 Å². The highest BCUT2D eigenvalue weighted by molar-refractivity contribution is 7.92. The lowest BCUT2D eigenvalue weighted by molar-refractivity contribution is -0.120. The Morgan fingerprint density at radius 2 is 1.76 bits per heavy atom. The van der Waals surface area contributed by atoms with Crippen molar-refractivity contribution >= 4 is 33.2 Å². The van der Waals surface area contributed by atoms with Crippen LogP contribution in [0, 0.1) is 18.8 Å². The SMILES string of the molecule is Cc1ccc(S(=O)(=O)N(CC(=O)N[C@@H]2C[C@H]3CC[C@H]2C3)c2ccc(Cl)cc2)cc1. The van der Waals surface area contributed by atoms with E-state index in [1.54, 1.807) is 48.5 Å². The van der Waals surface area contributed by atoms with Crippen molar-refractivity contribution in [2.45, 2.75) is 43.5 Å². The first-order chi connectivity index (χ1) is 13.8. The maximum absolute atomic E-state index is 13.3. The van der Waals surface area contributed by atoms with Gasteiger partial charge in [0.2, 0.25) is 5.91 Å². The number of aryl methyl sites for hydroxylation is 1. The number of halogens is 1. The van der Waals surface area contributed by atoms with Gasteiger partial charge in [0, 0.05) is 11.1 Å². The summed E-state index contributed by atoms with van der Waals surface area (Å²) in [7, 11) is -3.89. The minimum Gasteiger partial charge on any atom is -0.352 e. The molecule has 7 heteroatoms. The number of rotatable bonds is 6. The van der Waals surface area contributed by atoms with Crippen LogP contribution in [-0.2, 0) is 14.8 Å². The van der Waals surface area contributed by atoms with E-state index in [9.17, 15) is 13.2 Å². The Balaban J connectivity index is 1.59. The quantitative estimate of drug-likeness (QED) is 0.745. The van der Waals surface area contributed by atoms with Crippen LogP contribution < -0.4 is 9.62 Å². The second-order valence-electron chi connectivity index (χ2n) is 8.15. The molecule has 1 amide bonds. The third-order valence-corrected chi connectivity index (χ3v) is 8.14. The molecule has 1 N–H and O–H groups in total. The van der Waals surface area contributed by atoms with Gasteiger partial charge < -0.3 is 5.32 Å². The van der Waals surface area contributed by atoms with Gasteiger partial charge in [-0.25, -0.2) is 8.42 Å². The van der Waals surface area contributed by atoms with Crippen molar-refractivity contribution in [2.75, 3.05) is 10.8 Å². The van der Waals surface area contributed by atoms with Crippen LogP contribution in [0.1, 0.15) is 31.2 Å². The molecule has 4 rings (SSSR count). The largest absolute Gasteiger partial charge is 0.352 e. The fourth-order valence-corrected chi connectivity index (χ4v) is 6.11. The number of carbonyl (C=O) groups excluding carboxylic acids is 1. The van der Waals surface area contributed by atoms with E-state index in [1.165, 1.54) is 12.8 Å². The minimum absolute atomic E-state index is 0.158. The Morgan fingerprint density at radius 3 is 2.34 bits per heavy atom. The molecule has 0 spiro atoms. The zero-order chi connectivity index (χ0) is 20.6. The average Bonchev–Trinajstić information content (AvgIpc) is 3.30. The van der Waals surface area contributed by atoms with Gasteiger partial charge in [0.05, 0.1) is 10.6 Å². The zero-order valence-corrected chi connectivity index (χ0v) is 17.9. The van der Waals surface area contributed by atoms with Gasteiger partial charge >= 0.3 is 0 Å². The van der Waals surface area contributed by atoms with E-state index >= 15 is 0 Å². The lowest BCUT2D eigenvalue weighted by Crippen LogP contribution is -2.45. The Kier molecular flexibility index (Phi) is 5.58. The summed E-state index contributed by atoms with van der Waals surface area (Å²) in [6.45, 7) is 1.64. The summed E-state index contributed by atoms with van der Waals surface area (Å²) in [5.74, 6) is 0.962. The highest BCUT2D eigenvalue weighted by Crippen LogP contribution is 2.44. The van der Waals surface area contributed by atoms with Gasteiger partial charge in [0.25, 0.3) is 10.0 Å². The van der Waals surface area contributed by atoms with E-state index in [2.05, 4.69) is 5.32 Å². The lowest BCUT2D eigenvalue weighted by atomic mass is 9.95. The number of anilines is 1. The van der Waals surface area contributed by atoms with E-state index < -0.39 is 10.0 Å². The zero-order valence-electron chi connectivity index (χ0n) is 16.3. The fourth-order valence-electron chi connectivity index (χ4n) is 4.56. The van der Waals surface area contributed by atoms with Crippen LogP contribution in [0.4, 0.5) is 5.69 Å². The first kappa shape index (κ1) is 20.2. The van der Waals surface area contributed by atoms with Gasteiger partial charge in [-0.2, -0.15) is 0 Å². The van der Waals surface area contributed by atoms with Crippen LogP contribution in [0.25, 0.3) is 0 Å². The summed E-state index contributed by atoms with van der Waals surface area (Å²) in [6.07, 6.45) is 4.57. The first-order valence-electron chi connectivity index (χ1n) is 9.97. The Bertz CT molecular complexity index is 990. The number of benzene rings is 2. The van der Waals surface area contributed by atoms with Crippen LogP contribution in [-0.4, -0.2) is 26.9 Å². The summed E-state index contributed by atoms with van der Waals surface area (Å²) < 4.78 is 27.8. The van der Waals surface area contributed by atoms with Crippen molar-refractivity contribution in [3.8, 4) is 0 Å². The van der Waals surface area contributed by atoms with Crippen molar-refractivity contribution in [3.05, 3.63) is 59.1 Å². The summed E-state index contributed by atoms with van der Waals surface area (Å²) in [4.78, 5) is 13.0. The van der Waals surface area contributed by atoms with Crippen LogP contribution >= 0.6 is 11.6 Å². The van der Waals surface area contributed by atoms with Gasteiger partial charge in [-0.15, -0.1) is 0 Å². The molecule has 0 aromatic heterocycles. The predicted octanol–water partition coefficient (Wildman–Crippen LogP) is 4.15. The van der Waals surface area contributed by atoms with Crippen molar-refractivity contribution < 1.29 is 13.2 Å². The number of hydrogen-bond donors (Lipinski definition) is 1. The number of nitrogens with zero attached hydrogens (tertiary/aromatic N) is 1. The molecular formula is C22H25ClN2O3S. The summed E-state index contributed by atoms with van der Waals surface area (Å²) in [5.41, 5.74) is 1.38. The van der Waals surface area contributed by atoms with Crippen molar-refractivity contribution in [1.82, 2.24) is 5.32 Å². The second-order valence-corrected chi connectivity index (χ2v) is 10.4. The minimum atomic E-state index is -3.89. The van der Waals surface area contributed by atoms with Crippen molar-refractivity contribution in [3.63, 3.8) is 0 Å². The average molecular weight is 433 g/mol. The van der Waals surface area contributed by atoms with Crippen LogP contribution in [0.5, 0.6) is 0 Å². The summed E-state index contributed by atoms with van der Waals surface area (Å²) in [6, 6.07) is 13.3. The molecule has 154 valence electrons. The number of fused-ring (bicyclic) bond motifs is 2. The molecule has 29 heavy (non-hydrogen) atoms. The van der Waals surface area contributed by atoms with Crippen molar-refractivity contribution in [2.24, 2.45) is 11.8 Å². The van der Waals surface area contributed by atoms with Crippen LogP contribution in [0.3, 0.4) is 0 Å². The Morgan fingerprint density at radius 1 is 1.07 bits per heavy atom. The molecule has 0 saturated heterocycles. The van der Waals surface area contributed by atoms with Gasteiger partial charge in [-0.1, -0.05) is 35.7 Å². The monoisotopic (exact) mass is 432 g/mol.